The zero-order valence-electron chi connectivity index (χ0n) is 17.5. The van der Waals surface area contributed by atoms with Crippen molar-refractivity contribution in [2.75, 3.05) is 0 Å². The summed E-state index contributed by atoms with van der Waals surface area (Å²) in [6.45, 7) is 2.12. The fraction of sp³-hybridized carbons (Fsp3) is 0.375. The summed E-state index contributed by atoms with van der Waals surface area (Å²) >= 11 is 0. The molecule has 0 saturated heterocycles. The van der Waals surface area contributed by atoms with Gasteiger partial charge in [-0.2, -0.15) is 5.26 Å². The number of benzene rings is 2. The first-order valence-electron chi connectivity index (χ1n) is 10.4. The van der Waals surface area contributed by atoms with Crippen LogP contribution in [0.2, 0.25) is 0 Å². The topological polar surface area (TPSA) is 111 Å². The van der Waals surface area contributed by atoms with Crippen molar-refractivity contribution in [1.29, 1.82) is 5.26 Å². The average molecular weight is 421 g/mol. The molecule has 1 unspecified atom stereocenters. The monoisotopic (exact) mass is 421 g/mol. The van der Waals surface area contributed by atoms with Crippen LogP contribution in [0.1, 0.15) is 48.4 Å². The van der Waals surface area contributed by atoms with Crippen LogP contribution in [-0.2, 0) is 16.1 Å². The Kier molecular flexibility index (Phi) is 7.50. The second-order valence-electron chi connectivity index (χ2n) is 7.81. The molecule has 31 heavy (non-hydrogen) atoms. The fourth-order valence-corrected chi connectivity index (χ4v) is 3.87. The van der Waals surface area contributed by atoms with Gasteiger partial charge in [0.25, 0.3) is 0 Å². The number of ether oxygens (including phenoxy) is 1. The van der Waals surface area contributed by atoms with Crippen LogP contribution in [0.4, 0.5) is 4.79 Å². The smallest absolute Gasteiger partial charge is 0.407 e. The molecule has 2 aromatic carbocycles. The molecule has 3 rings (SSSR count). The predicted molar refractivity (Wildman–Crippen MR) is 115 cm³/mol. The highest BCUT2D eigenvalue weighted by atomic mass is 16.5. The number of hydrogen-bond donors (Lipinski definition) is 3. The molecule has 7 heteroatoms. The van der Waals surface area contributed by atoms with Crippen molar-refractivity contribution in [2.24, 2.45) is 5.92 Å². The van der Waals surface area contributed by atoms with Crippen LogP contribution in [0.3, 0.4) is 0 Å². The van der Waals surface area contributed by atoms with E-state index in [0.29, 0.717) is 18.4 Å². The van der Waals surface area contributed by atoms with E-state index in [9.17, 15) is 20.0 Å². The van der Waals surface area contributed by atoms with Crippen molar-refractivity contribution in [3.63, 3.8) is 0 Å². The van der Waals surface area contributed by atoms with Gasteiger partial charge in [0.15, 0.2) is 0 Å². The summed E-state index contributed by atoms with van der Waals surface area (Å²) in [6, 6.07) is 14.8. The molecule has 0 bridgehead atoms. The molecule has 1 fully saturated rings. The van der Waals surface area contributed by atoms with Gasteiger partial charge in [0, 0.05) is 6.04 Å². The van der Waals surface area contributed by atoms with Crippen LogP contribution in [0.15, 0.2) is 48.5 Å². The maximum absolute atomic E-state index is 12.9. The maximum atomic E-state index is 12.9. The zero-order chi connectivity index (χ0) is 22.2. The second kappa shape index (κ2) is 10.5. The van der Waals surface area contributed by atoms with Crippen LogP contribution in [-0.4, -0.2) is 23.1 Å². The van der Waals surface area contributed by atoms with E-state index in [0.717, 1.165) is 24.0 Å². The molecule has 1 aliphatic carbocycles. The molecule has 2 aromatic rings. The lowest BCUT2D eigenvalue weighted by molar-refractivity contribution is -0.127. The molecule has 7 nitrogen and oxygen atoms in total. The Balaban J connectivity index is 1.60. The van der Waals surface area contributed by atoms with E-state index in [4.69, 9.17) is 4.74 Å². The maximum Gasteiger partial charge on any atom is 0.407 e. The van der Waals surface area contributed by atoms with E-state index in [1.165, 1.54) is 12.1 Å². The molecule has 0 spiro atoms. The van der Waals surface area contributed by atoms with Crippen molar-refractivity contribution >= 4 is 12.0 Å². The number of phenolic OH excluding ortho intramolecular Hbond substituents is 1. The first-order valence-corrected chi connectivity index (χ1v) is 10.4. The summed E-state index contributed by atoms with van der Waals surface area (Å²) in [5, 5.41) is 24.7. The lowest BCUT2D eigenvalue weighted by Gasteiger charge is -2.31. The van der Waals surface area contributed by atoms with Crippen molar-refractivity contribution < 1.29 is 19.4 Å². The Morgan fingerprint density at radius 1 is 1.19 bits per heavy atom. The van der Waals surface area contributed by atoms with Crippen LogP contribution < -0.4 is 10.6 Å². The molecule has 162 valence electrons. The minimum Gasteiger partial charge on any atom is -0.508 e. The Morgan fingerprint density at radius 3 is 2.71 bits per heavy atom. The molecule has 1 aliphatic rings. The van der Waals surface area contributed by atoms with Crippen LogP contribution in [0, 0.1) is 24.2 Å². The van der Waals surface area contributed by atoms with Gasteiger partial charge >= 0.3 is 6.09 Å². The van der Waals surface area contributed by atoms with Gasteiger partial charge in [-0.1, -0.05) is 49.2 Å². The standard InChI is InChI=1S/C24H27N3O4/c1-16-7-2-3-8-18(16)15-31-24(30)27-21-12-5-4-11-20(21)23(29)26-22(14-25)17-9-6-10-19(28)13-17/h2-3,6-10,13,20-22,28H,4-5,11-12,15H2,1H3,(H,26,29)(H,27,30)/t20-,21-,22?/m1/s1. The number of carbonyl (C=O) groups is 2. The zero-order valence-corrected chi connectivity index (χ0v) is 17.5. The summed E-state index contributed by atoms with van der Waals surface area (Å²) in [5.74, 6) is -0.715. The third-order valence-corrected chi connectivity index (χ3v) is 5.65. The molecule has 2 amide bonds. The highest BCUT2D eigenvalue weighted by Gasteiger charge is 2.33. The number of alkyl carbamates (subject to hydrolysis) is 1. The molecular weight excluding hydrogens is 394 g/mol. The minimum atomic E-state index is -0.879. The summed E-state index contributed by atoms with van der Waals surface area (Å²) < 4.78 is 5.36. The van der Waals surface area contributed by atoms with E-state index in [-0.39, 0.29) is 24.3 Å². The highest BCUT2D eigenvalue weighted by Crippen LogP contribution is 2.26. The average Bonchev–Trinajstić information content (AvgIpc) is 2.77. The van der Waals surface area contributed by atoms with Gasteiger partial charge in [0.05, 0.1) is 12.0 Å². The summed E-state index contributed by atoms with van der Waals surface area (Å²) in [5.41, 5.74) is 2.48. The quantitative estimate of drug-likeness (QED) is 0.656. The molecule has 0 radical (unpaired) electrons. The van der Waals surface area contributed by atoms with Crippen molar-refractivity contribution in [1.82, 2.24) is 10.6 Å². The van der Waals surface area contributed by atoms with Crippen LogP contribution >= 0.6 is 0 Å². The van der Waals surface area contributed by atoms with Gasteiger partial charge in [-0.3, -0.25) is 4.79 Å². The molecular formula is C24H27N3O4. The molecule has 0 heterocycles. The second-order valence-corrected chi connectivity index (χ2v) is 7.81. The third-order valence-electron chi connectivity index (χ3n) is 5.65. The number of aryl methyl sites for hydroxylation is 1. The Bertz CT molecular complexity index is 969. The van der Waals surface area contributed by atoms with Crippen molar-refractivity contribution in [2.45, 2.75) is 51.3 Å². The minimum absolute atomic E-state index is 0.0283. The highest BCUT2D eigenvalue weighted by molar-refractivity contribution is 5.81. The van der Waals surface area contributed by atoms with E-state index in [1.807, 2.05) is 31.2 Å². The Morgan fingerprint density at radius 2 is 1.97 bits per heavy atom. The van der Waals surface area contributed by atoms with Crippen molar-refractivity contribution in [3.05, 3.63) is 65.2 Å². The Hall–Kier alpha value is -3.53. The number of hydrogen-bond acceptors (Lipinski definition) is 5. The first kappa shape index (κ1) is 22.2. The summed E-state index contributed by atoms with van der Waals surface area (Å²) in [7, 11) is 0. The van der Waals surface area contributed by atoms with E-state index >= 15 is 0 Å². The number of amides is 2. The van der Waals surface area contributed by atoms with Gasteiger partial charge in [-0.25, -0.2) is 4.79 Å². The number of nitrogens with zero attached hydrogens (tertiary/aromatic N) is 1. The van der Waals surface area contributed by atoms with E-state index in [2.05, 4.69) is 16.7 Å². The first-order chi connectivity index (χ1) is 15.0. The third kappa shape index (κ3) is 5.98. The largest absolute Gasteiger partial charge is 0.508 e. The molecule has 0 aromatic heterocycles. The number of phenols is 1. The molecule has 0 aliphatic heterocycles. The van der Waals surface area contributed by atoms with Gasteiger partial charge in [-0.05, 0) is 48.6 Å². The number of nitriles is 1. The molecule has 3 atom stereocenters. The lowest BCUT2D eigenvalue weighted by Crippen LogP contribution is -2.49. The van der Waals surface area contributed by atoms with E-state index in [1.54, 1.807) is 12.1 Å². The Labute approximate surface area is 182 Å². The van der Waals surface area contributed by atoms with E-state index < -0.39 is 18.1 Å². The number of carbonyl (C=O) groups excluding carboxylic acids is 2. The predicted octanol–water partition coefficient (Wildman–Crippen LogP) is 3.87. The fourth-order valence-electron chi connectivity index (χ4n) is 3.87. The summed E-state index contributed by atoms with van der Waals surface area (Å²) in [4.78, 5) is 25.3. The number of aromatic hydroxyl groups is 1. The lowest BCUT2D eigenvalue weighted by atomic mass is 9.83. The van der Waals surface area contributed by atoms with Gasteiger partial charge in [0.2, 0.25) is 5.91 Å². The van der Waals surface area contributed by atoms with Gasteiger partial charge in [0.1, 0.15) is 18.4 Å². The van der Waals surface area contributed by atoms with Gasteiger partial charge in [-0.15, -0.1) is 0 Å². The molecule has 3 N–H and O–H groups in total. The van der Waals surface area contributed by atoms with Gasteiger partial charge < -0.3 is 20.5 Å². The van der Waals surface area contributed by atoms with Crippen molar-refractivity contribution in [3.8, 4) is 11.8 Å². The SMILES string of the molecule is Cc1ccccc1COC(=O)N[C@@H]1CCCC[C@H]1C(=O)NC(C#N)c1cccc(O)c1. The van der Waals surface area contributed by atoms with Crippen LogP contribution in [0.25, 0.3) is 0 Å². The summed E-state index contributed by atoms with van der Waals surface area (Å²) in [6.07, 6.45) is 2.50. The van der Waals surface area contributed by atoms with Crippen LogP contribution in [0.5, 0.6) is 5.75 Å². The number of rotatable bonds is 6. The molecule has 1 saturated carbocycles. The number of nitrogens with one attached hydrogen (secondary N) is 2. The normalized spacial score (nSPS) is 19.0.